The fraction of sp³-hybridized carbons (Fsp3) is 0.545. The van der Waals surface area contributed by atoms with E-state index in [9.17, 15) is 19.2 Å². The second-order valence-corrected chi connectivity index (χ2v) is 8.62. The largest absolute Gasteiger partial charge is 0.466 e. The molecule has 0 unspecified atom stereocenters. The van der Waals surface area contributed by atoms with Crippen molar-refractivity contribution in [1.82, 2.24) is 16.0 Å². The lowest BCUT2D eigenvalue weighted by molar-refractivity contribution is -0.133. The fourth-order valence-electron chi connectivity index (χ4n) is 3.09. The average molecular weight is 452 g/mol. The van der Waals surface area contributed by atoms with Gasteiger partial charge in [-0.3, -0.25) is 19.2 Å². The first-order valence-electron chi connectivity index (χ1n) is 10.3. The van der Waals surface area contributed by atoms with Crippen LogP contribution in [-0.2, 0) is 30.3 Å². The maximum Gasteiger partial charge on any atom is 0.293 e. The van der Waals surface area contributed by atoms with Gasteiger partial charge in [0.05, 0.1) is 6.04 Å². The highest BCUT2D eigenvalue weighted by Crippen LogP contribution is 2.09. The fourth-order valence-corrected chi connectivity index (χ4v) is 3.56. The van der Waals surface area contributed by atoms with Crippen LogP contribution in [0.2, 0.25) is 0 Å². The lowest BCUT2D eigenvalue weighted by Gasteiger charge is -2.26. The van der Waals surface area contributed by atoms with Crippen molar-refractivity contribution in [2.45, 2.75) is 51.2 Å². The van der Waals surface area contributed by atoms with Crippen LogP contribution in [0.4, 0.5) is 0 Å². The number of amides is 3. The van der Waals surface area contributed by atoms with E-state index in [4.69, 9.17) is 4.74 Å². The van der Waals surface area contributed by atoms with Crippen LogP contribution in [0.15, 0.2) is 30.3 Å². The molecule has 1 aromatic carbocycles. The second-order valence-electron chi connectivity index (χ2n) is 7.63. The summed E-state index contributed by atoms with van der Waals surface area (Å²) in [4.78, 5) is 47.2. The molecule has 0 spiro atoms. The molecule has 1 aromatic rings. The third kappa shape index (κ3) is 10.9. The molecule has 172 valence electrons. The third-order valence-corrected chi connectivity index (χ3v) is 5.22. The molecule has 0 radical (unpaired) electrons. The molecule has 31 heavy (non-hydrogen) atoms. The number of thioether (sulfide) groups is 1. The normalized spacial score (nSPS) is 13.5. The van der Waals surface area contributed by atoms with Gasteiger partial charge in [0.25, 0.3) is 6.47 Å². The zero-order valence-corrected chi connectivity index (χ0v) is 19.2. The van der Waals surface area contributed by atoms with Crippen molar-refractivity contribution in [2.75, 3.05) is 18.6 Å². The first kappa shape index (κ1) is 26.5. The number of ether oxygens (including phenoxy) is 1. The van der Waals surface area contributed by atoms with Crippen LogP contribution in [0.3, 0.4) is 0 Å². The standard InChI is InChI=1S/C22H33N3O5S/c1-16(2)11-20(25-21(28)19(23-14-26)9-10-31-3)22(29)24-18(13-30-15-27)12-17-7-5-4-6-8-17/h4-8,14-16,18-20H,9-13H2,1-3H3,(H,23,26)(H,24,29)(H,25,28)/t18-,19-,20-/m0/s1. The summed E-state index contributed by atoms with van der Waals surface area (Å²) in [6.07, 6.45) is 3.78. The Morgan fingerprint density at radius 3 is 2.32 bits per heavy atom. The van der Waals surface area contributed by atoms with Crippen LogP contribution in [0.5, 0.6) is 0 Å². The molecule has 1 rings (SSSR count). The van der Waals surface area contributed by atoms with Gasteiger partial charge in [-0.25, -0.2) is 0 Å². The summed E-state index contributed by atoms with van der Waals surface area (Å²) in [5.74, 6) is 0.0961. The van der Waals surface area contributed by atoms with E-state index in [1.165, 1.54) is 0 Å². The number of hydrogen-bond donors (Lipinski definition) is 3. The van der Waals surface area contributed by atoms with Crippen molar-refractivity contribution in [1.29, 1.82) is 0 Å². The topological polar surface area (TPSA) is 114 Å². The van der Waals surface area contributed by atoms with Gasteiger partial charge in [0.15, 0.2) is 0 Å². The first-order valence-corrected chi connectivity index (χ1v) is 11.7. The zero-order chi connectivity index (χ0) is 23.1. The van der Waals surface area contributed by atoms with Crippen LogP contribution in [0, 0.1) is 5.92 Å². The molecule has 0 saturated carbocycles. The monoisotopic (exact) mass is 451 g/mol. The minimum absolute atomic E-state index is 0.0233. The third-order valence-electron chi connectivity index (χ3n) is 4.57. The van der Waals surface area contributed by atoms with Gasteiger partial charge in [0.2, 0.25) is 18.2 Å². The Morgan fingerprint density at radius 1 is 1.06 bits per heavy atom. The van der Waals surface area contributed by atoms with E-state index < -0.39 is 24.0 Å². The molecule has 0 saturated heterocycles. The van der Waals surface area contributed by atoms with E-state index in [1.54, 1.807) is 11.8 Å². The Balaban J connectivity index is 2.88. The number of hydrogen-bond acceptors (Lipinski definition) is 6. The Hall–Kier alpha value is -2.55. The van der Waals surface area contributed by atoms with Crippen molar-refractivity contribution in [3.05, 3.63) is 35.9 Å². The predicted octanol–water partition coefficient (Wildman–Crippen LogP) is 1.29. The molecule has 8 nitrogen and oxygen atoms in total. The average Bonchev–Trinajstić information content (AvgIpc) is 2.74. The molecular weight excluding hydrogens is 418 g/mol. The van der Waals surface area contributed by atoms with Crippen LogP contribution in [-0.4, -0.2) is 61.4 Å². The maximum absolute atomic E-state index is 13.0. The lowest BCUT2D eigenvalue weighted by Crippen LogP contribution is -2.55. The van der Waals surface area contributed by atoms with Crippen molar-refractivity contribution < 1.29 is 23.9 Å². The molecule has 0 aromatic heterocycles. The SMILES string of the molecule is CSCC[C@H](NC=O)C(=O)N[C@@H](CC(C)C)C(=O)N[C@H](COC=O)Cc1ccccc1. The lowest BCUT2D eigenvalue weighted by atomic mass is 10.0. The van der Waals surface area contributed by atoms with Gasteiger partial charge in [-0.1, -0.05) is 44.2 Å². The molecule has 0 aliphatic heterocycles. The van der Waals surface area contributed by atoms with E-state index in [1.807, 2.05) is 50.4 Å². The summed E-state index contributed by atoms with van der Waals surface area (Å²) in [6.45, 7) is 4.28. The molecule has 0 heterocycles. The van der Waals surface area contributed by atoms with Crippen molar-refractivity contribution in [3.63, 3.8) is 0 Å². The smallest absolute Gasteiger partial charge is 0.293 e. The van der Waals surface area contributed by atoms with E-state index in [0.717, 1.165) is 5.56 Å². The van der Waals surface area contributed by atoms with Crippen molar-refractivity contribution in [3.8, 4) is 0 Å². The molecule has 3 amide bonds. The molecule has 3 N–H and O–H groups in total. The number of carbonyl (C=O) groups excluding carboxylic acids is 4. The van der Waals surface area contributed by atoms with E-state index in [-0.39, 0.29) is 18.4 Å². The summed E-state index contributed by atoms with van der Waals surface area (Å²) in [5.41, 5.74) is 0.985. The zero-order valence-electron chi connectivity index (χ0n) is 18.3. The van der Waals surface area contributed by atoms with E-state index in [0.29, 0.717) is 37.9 Å². The van der Waals surface area contributed by atoms with E-state index in [2.05, 4.69) is 16.0 Å². The minimum atomic E-state index is -0.771. The van der Waals surface area contributed by atoms with Crippen LogP contribution < -0.4 is 16.0 Å². The number of benzene rings is 1. The minimum Gasteiger partial charge on any atom is -0.466 e. The number of carbonyl (C=O) groups is 4. The van der Waals surface area contributed by atoms with Gasteiger partial charge >= 0.3 is 0 Å². The molecule has 0 fully saturated rings. The summed E-state index contributed by atoms with van der Waals surface area (Å²) in [5, 5.41) is 8.19. The molecule has 0 bridgehead atoms. The van der Waals surface area contributed by atoms with Crippen LogP contribution in [0.25, 0.3) is 0 Å². The Labute approximate surface area is 188 Å². The Morgan fingerprint density at radius 2 is 1.74 bits per heavy atom. The summed E-state index contributed by atoms with van der Waals surface area (Å²) >= 11 is 1.57. The van der Waals surface area contributed by atoms with Gasteiger partial charge < -0.3 is 20.7 Å². The second kappa shape index (κ2) is 15.3. The maximum atomic E-state index is 13.0. The van der Waals surface area contributed by atoms with Gasteiger partial charge in [0, 0.05) is 0 Å². The van der Waals surface area contributed by atoms with Crippen molar-refractivity contribution >= 4 is 36.5 Å². The van der Waals surface area contributed by atoms with Gasteiger partial charge in [0.1, 0.15) is 18.7 Å². The quantitative estimate of drug-likeness (QED) is 0.326. The van der Waals surface area contributed by atoms with Gasteiger partial charge in [-0.2, -0.15) is 11.8 Å². The molecular formula is C22H33N3O5S. The highest BCUT2D eigenvalue weighted by atomic mass is 32.2. The summed E-state index contributed by atoms with van der Waals surface area (Å²) in [7, 11) is 0. The predicted molar refractivity (Wildman–Crippen MR) is 121 cm³/mol. The first-order chi connectivity index (χ1) is 14.9. The molecule has 9 heteroatoms. The number of nitrogens with one attached hydrogen (secondary N) is 3. The van der Waals surface area contributed by atoms with Crippen LogP contribution >= 0.6 is 11.8 Å². The highest BCUT2D eigenvalue weighted by molar-refractivity contribution is 7.98. The van der Waals surface area contributed by atoms with E-state index >= 15 is 0 Å². The summed E-state index contributed by atoms with van der Waals surface area (Å²) < 4.78 is 4.89. The molecule has 0 aliphatic carbocycles. The molecule has 0 aliphatic rings. The van der Waals surface area contributed by atoms with Crippen LogP contribution in [0.1, 0.15) is 32.3 Å². The van der Waals surface area contributed by atoms with Gasteiger partial charge in [-0.05, 0) is 42.8 Å². The summed E-state index contributed by atoms with van der Waals surface area (Å²) in [6, 6.07) is 7.62. The van der Waals surface area contributed by atoms with Crippen molar-refractivity contribution in [2.24, 2.45) is 5.92 Å². The molecule has 3 atom stereocenters. The number of rotatable bonds is 16. The Kier molecular flexibility index (Phi) is 13.1. The highest BCUT2D eigenvalue weighted by Gasteiger charge is 2.27. The Bertz CT molecular complexity index is 687. The van der Waals surface area contributed by atoms with Gasteiger partial charge in [-0.15, -0.1) is 0 Å².